The smallest absolute Gasteiger partial charge is 0.313 e. The van der Waals surface area contributed by atoms with Crippen LogP contribution in [0, 0.1) is 0 Å². The van der Waals surface area contributed by atoms with E-state index in [0.717, 1.165) is 0 Å². The molecular weight excluding hydrogens is 452 g/mol. The quantitative estimate of drug-likeness (QED) is 0.399. The molecule has 0 aliphatic carbocycles. The zero-order valence-corrected chi connectivity index (χ0v) is 20.0. The second-order valence-electron chi connectivity index (χ2n) is 8.35. The second kappa shape index (κ2) is 11.2. The van der Waals surface area contributed by atoms with Gasteiger partial charge in [-0.2, -0.15) is 0 Å². The van der Waals surface area contributed by atoms with Gasteiger partial charge in [0.15, 0.2) is 12.2 Å². The van der Waals surface area contributed by atoms with Crippen LogP contribution in [0.15, 0.2) is 59.5 Å². The SMILES string of the molecule is COc1cc(NC(=O)C(=O)NC(C)(C)CCOc2ccccc2NC(C)=O)ccc1-c1cnco1. The first-order chi connectivity index (χ1) is 16.7. The molecule has 0 saturated carbocycles. The fourth-order valence-electron chi connectivity index (χ4n) is 3.24. The third-order valence-electron chi connectivity index (χ3n) is 5.00. The summed E-state index contributed by atoms with van der Waals surface area (Å²) in [5.41, 5.74) is 0.881. The van der Waals surface area contributed by atoms with Gasteiger partial charge < -0.3 is 29.8 Å². The zero-order chi connectivity index (χ0) is 25.4. The summed E-state index contributed by atoms with van der Waals surface area (Å²) in [6, 6.07) is 12.0. The van der Waals surface area contributed by atoms with Gasteiger partial charge in [0.25, 0.3) is 0 Å². The number of benzene rings is 2. The van der Waals surface area contributed by atoms with E-state index < -0.39 is 17.4 Å². The highest BCUT2D eigenvalue weighted by atomic mass is 16.5. The molecule has 1 aromatic heterocycles. The molecule has 0 aliphatic rings. The molecule has 0 bridgehead atoms. The Balaban J connectivity index is 1.55. The number of oxazole rings is 1. The van der Waals surface area contributed by atoms with E-state index in [2.05, 4.69) is 20.9 Å². The molecule has 0 saturated heterocycles. The van der Waals surface area contributed by atoms with E-state index in [4.69, 9.17) is 13.9 Å². The number of aromatic nitrogens is 1. The Kier molecular flexibility index (Phi) is 8.08. The van der Waals surface area contributed by atoms with Crippen LogP contribution >= 0.6 is 0 Å². The van der Waals surface area contributed by atoms with E-state index in [9.17, 15) is 14.4 Å². The number of methoxy groups -OCH3 is 1. The van der Waals surface area contributed by atoms with Crippen molar-refractivity contribution in [2.24, 2.45) is 0 Å². The van der Waals surface area contributed by atoms with Crippen molar-refractivity contribution in [3.63, 3.8) is 0 Å². The van der Waals surface area contributed by atoms with E-state index in [-0.39, 0.29) is 12.5 Å². The van der Waals surface area contributed by atoms with Crippen molar-refractivity contribution in [2.75, 3.05) is 24.4 Å². The molecule has 3 amide bonds. The second-order valence-corrected chi connectivity index (χ2v) is 8.35. The molecule has 2 aromatic carbocycles. The van der Waals surface area contributed by atoms with Gasteiger partial charge in [-0.1, -0.05) is 12.1 Å². The maximum Gasteiger partial charge on any atom is 0.313 e. The number of rotatable bonds is 9. The highest BCUT2D eigenvalue weighted by Crippen LogP contribution is 2.32. The van der Waals surface area contributed by atoms with Crippen molar-refractivity contribution >= 4 is 29.1 Å². The summed E-state index contributed by atoms with van der Waals surface area (Å²) in [5.74, 6) is -0.315. The highest BCUT2D eigenvalue weighted by Gasteiger charge is 2.25. The van der Waals surface area contributed by atoms with Gasteiger partial charge in [0.1, 0.15) is 11.5 Å². The van der Waals surface area contributed by atoms with Gasteiger partial charge in [0.05, 0.1) is 31.2 Å². The number of carbonyl (C=O) groups excluding carboxylic acids is 3. The number of nitrogens with one attached hydrogen (secondary N) is 3. The summed E-state index contributed by atoms with van der Waals surface area (Å²) in [6.07, 6.45) is 3.28. The molecule has 0 spiro atoms. The zero-order valence-electron chi connectivity index (χ0n) is 20.0. The lowest BCUT2D eigenvalue weighted by Crippen LogP contribution is -2.48. The van der Waals surface area contributed by atoms with Gasteiger partial charge in [-0.3, -0.25) is 14.4 Å². The maximum atomic E-state index is 12.5. The van der Waals surface area contributed by atoms with Crippen LogP contribution in [-0.4, -0.2) is 42.0 Å². The Morgan fingerprint density at radius 3 is 2.49 bits per heavy atom. The number of nitrogens with zero attached hydrogens (tertiary/aromatic N) is 1. The molecule has 0 unspecified atom stereocenters. The van der Waals surface area contributed by atoms with Gasteiger partial charge in [-0.25, -0.2) is 4.98 Å². The van der Waals surface area contributed by atoms with E-state index in [1.54, 1.807) is 62.5 Å². The number of anilines is 2. The molecule has 10 heteroatoms. The standard InChI is InChI=1S/C25H28N4O6/c1-16(30)27-19-7-5-6-8-20(19)34-12-11-25(2,3)29-24(32)23(31)28-17-9-10-18(21(13-17)33-4)22-14-26-15-35-22/h5-10,13-15H,11-12H2,1-4H3,(H,27,30)(H,28,31)(H,29,32). The molecular formula is C25H28N4O6. The van der Waals surface area contributed by atoms with Crippen LogP contribution < -0.4 is 25.4 Å². The topological polar surface area (TPSA) is 132 Å². The lowest BCUT2D eigenvalue weighted by molar-refractivity contribution is -0.137. The summed E-state index contributed by atoms with van der Waals surface area (Å²) in [4.78, 5) is 40.2. The summed E-state index contributed by atoms with van der Waals surface area (Å²) in [6.45, 7) is 5.25. The van der Waals surface area contributed by atoms with Gasteiger partial charge in [0, 0.05) is 30.6 Å². The molecule has 3 aromatic rings. The van der Waals surface area contributed by atoms with Crippen LogP contribution in [0.5, 0.6) is 11.5 Å². The average molecular weight is 481 g/mol. The fourth-order valence-corrected chi connectivity index (χ4v) is 3.24. The Morgan fingerprint density at radius 2 is 1.80 bits per heavy atom. The van der Waals surface area contributed by atoms with Crippen LogP contribution in [0.25, 0.3) is 11.3 Å². The molecule has 3 N–H and O–H groups in total. The molecule has 0 fully saturated rings. The predicted octanol–water partition coefficient (Wildman–Crippen LogP) is 3.61. The number of hydrogen-bond donors (Lipinski definition) is 3. The molecule has 35 heavy (non-hydrogen) atoms. The molecule has 184 valence electrons. The molecule has 1 heterocycles. The number of carbonyl (C=O) groups is 3. The summed E-state index contributed by atoms with van der Waals surface area (Å²) in [7, 11) is 1.49. The number of ether oxygens (including phenoxy) is 2. The van der Waals surface area contributed by atoms with Crippen LogP contribution in [-0.2, 0) is 14.4 Å². The molecule has 0 radical (unpaired) electrons. The van der Waals surface area contributed by atoms with Crippen molar-refractivity contribution in [3.05, 3.63) is 55.1 Å². The lowest BCUT2D eigenvalue weighted by Gasteiger charge is -2.26. The van der Waals surface area contributed by atoms with Gasteiger partial charge in [0.2, 0.25) is 5.91 Å². The Morgan fingerprint density at radius 1 is 1.03 bits per heavy atom. The van der Waals surface area contributed by atoms with Gasteiger partial charge in [-0.15, -0.1) is 0 Å². The first kappa shape index (κ1) is 25.3. The minimum atomic E-state index is -0.815. The lowest BCUT2D eigenvalue weighted by atomic mass is 10.0. The maximum absolute atomic E-state index is 12.5. The summed E-state index contributed by atoms with van der Waals surface area (Å²) in [5, 5.41) is 7.99. The minimum Gasteiger partial charge on any atom is -0.496 e. The number of amides is 3. The van der Waals surface area contributed by atoms with Crippen LogP contribution in [0.2, 0.25) is 0 Å². The third kappa shape index (κ3) is 7.07. The van der Waals surface area contributed by atoms with Gasteiger partial charge in [-0.05, 0) is 38.1 Å². The van der Waals surface area contributed by atoms with Crippen molar-refractivity contribution in [1.82, 2.24) is 10.3 Å². The number of hydrogen-bond acceptors (Lipinski definition) is 7. The van der Waals surface area contributed by atoms with Crippen molar-refractivity contribution in [3.8, 4) is 22.8 Å². The Hall–Kier alpha value is -4.34. The fraction of sp³-hybridized carbons (Fsp3) is 0.280. The predicted molar refractivity (Wildman–Crippen MR) is 130 cm³/mol. The van der Waals surface area contributed by atoms with E-state index >= 15 is 0 Å². The third-order valence-corrected chi connectivity index (χ3v) is 5.00. The molecule has 10 nitrogen and oxygen atoms in total. The van der Waals surface area contributed by atoms with E-state index in [1.807, 2.05) is 0 Å². The summed E-state index contributed by atoms with van der Waals surface area (Å²) < 4.78 is 16.4. The van der Waals surface area contributed by atoms with Crippen molar-refractivity contribution in [2.45, 2.75) is 32.7 Å². The van der Waals surface area contributed by atoms with Crippen LogP contribution in [0.4, 0.5) is 11.4 Å². The average Bonchev–Trinajstić information content (AvgIpc) is 3.34. The highest BCUT2D eigenvalue weighted by molar-refractivity contribution is 6.39. The Bertz CT molecular complexity index is 1190. The monoisotopic (exact) mass is 480 g/mol. The molecule has 0 aliphatic heterocycles. The van der Waals surface area contributed by atoms with Crippen molar-refractivity contribution < 1.29 is 28.3 Å². The normalized spacial score (nSPS) is 10.9. The van der Waals surface area contributed by atoms with Crippen molar-refractivity contribution in [1.29, 1.82) is 0 Å². The first-order valence-electron chi connectivity index (χ1n) is 10.9. The Labute approximate surface area is 203 Å². The first-order valence-corrected chi connectivity index (χ1v) is 10.9. The van der Waals surface area contributed by atoms with Crippen LogP contribution in [0.1, 0.15) is 27.2 Å². The summed E-state index contributed by atoms with van der Waals surface area (Å²) >= 11 is 0. The number of para-hydroxylation sites is 2. The van der Waals surface area contributed by atoms with E-state index in [0.29, 0.717) is 40.6 Å². The molecule has 0 atom stereocenters. The minimum absolute atomic E-state index is 0.204. The molecule has 3 rings (SSSR count). The largest absolute Gasteiger partial charge is 0.496 e. The van der Waals surface area contributed by atoms with Gasteiger partial charge >= 0.3 is 11.8 Å². The van der Waals surface area contributed by atoms with Crippen LogP contribution in [0.3, 0.4) is 0 Å². The van der Waals surface area contributed by atoms with E-state index in [1.165, 1.54) is 20.4 Å².